The molecule has 7 nitrogen and oxygen atoms in total. The van der Waals surface area contributed by atoms with E-state index in [0.29, 0.717) is 50.7 Å². The first kappa shape index (κ1) is 26.1. The number of piperazine rings is 1. The highest BCUT2D eigenvalue weighted by molar-refractivity contribution is 7.89. The molecule has 1 aliphatic heterocycles. The Bertz CT molecular complexity index is 1290. The fraction of sp³-hybridized carbons (Fsp3) is 0.370. The summed E-state index contributed by atoms with van der Waals surface area (Å²) in [6.07, 6.45) is 0. The standard InChI is InChI=1S/C27H33FN4O3S/c1-21(2)29-27(33)31(20-22-7-10-25(28)11-8-22)16-13-30-14-17-32(18-15-30)36(34,35)26-12-9-23-5-3-4-6-24(23)19-26/h3-12,19,21H,13-18,20H2,1-2H3,(H,29,33). The smallest absolute Gasteiger partial charge is 0.317 e. The topological polar surface area (TPSA) is 73.0 Å². The monoisotopic (exact) mass is 512 g/mol. The minimum Gasteiger partial charge on any atom is -0.336 e. The molecule has 0 bridgehead atoms. The molecule has 0 radical (unpaired) electrons. The third-order valence-corrected chi connectivity index (χ3v) is 8.26. The Kier molecular flexibility index (Phi) is 8.23. The van der Waals surface area contributed by atoms with Crippen molar-refractivity contribution in [2.45, 2.75) is 31.3 Å². The van der Waals surface area contributed by atoms with E-state index in [1.165, 1.54) is 16.4 Å². The average molecular weight is 513 g/mol. The van der Waals surface area contributed by atoms with Crippen molar-refractivity contribution in [1.82, 2.24) is 19.4 Å². The van der Waals surface area contributed by atoms with E-state index in [4.69, 9.17) is 0 Å². The van der Waals surface area contributed by atoms with Crippen LogP contribution < -0.4 is 5.32 Å². The van der Waals surface area contributed by atoms with Crippen molar-refractivity contribution in [3.63, 3.8) is 0 Å². The first-order chi connectivity index (χ1) is 17.2. The van der Waals surface area contributed by atoms with Crippen molar-refractivity contribution < 1.29 is 17.6 Å². The molecule has 36 heavy (non-hydrogen) atoms. The van der Waals surface area contributed by atoms with Crippen molar-refractivity contribution in [1.29, 1.82) is 0 Å². The van der Waals surface area contributed by atoms with Crippen LogP contribution in [0.5, 0.6) is 0 Å². The van der Waals surface area contributed by atoms with Gasteiger partial charge >= 0.3 is 6.03 Å². The highest BCUT2D eigenvalue weighted by atomic mass is 32.2. The Morgan fingerprint density at radius 3 is 2.31 bits per heavy atom. The summed E-state index contributed by atoms with van der Waals surface area (Å²) < 4.78 is 41.3. The number of rotatable bonds is 8. The quantitative estimate of drug-likeness (QED) is 0.497. The molecule has 0 saturated carbocycles. The Morgan fingerprint density at radius 2 is 1.64 bits per heavy atom. The molecule has 1 fully saturated rings. The molecule has 3 aromatic carbocycles. The van der Waals surface area contributed by atoms with Crippen LogP contribution in [0.4, 0.5) is 9.18 Å². The van der Waals surface area contributed by atoms with Crippen molar-refractivity contribution >= 4 is 26.8 Å². The molecule has 0 atom stereocenters. The molecule has 0 spiro atoms. The number of benzene rings is 3. The number of hydrogen-bond acceptors (Lipinski definition) is 4. The van der Waals surface area contributed by atoms with Crippen LogP contribution in [0.2, 0.25) is 0 Å². The Hall–Kier alpha value is -3.01. The third kappa shape index (κ3) is 6.40. The zero-order chi connectivity index (χ0) is 25.7. The van der Waals surface area contributed by atoms with E-state index in [9.17, 15) is 17.6 Å². The number of sulfonamides is 1. The number of urea groups is 1. The Labute approximate surface area is 212 Å². The van der Waals surface area contributed by atoms with Gasteiger partial charge in [-0.15, -0.1) is 0 Å². The van der Waals surface area contributed by atoms with Crippen LogP contribution in [-0.4, -0.2) is 73.9 Å². The lowest BCUT2D eigenvalue weighted by atomic mass is 10.1. The van der Waals surface area contributed by atoms with Gasteiger partial charge < -0.3 is 10.2 Å². The fourth-order valence-corrected chi connectivity index (χ4v) is 5.79. The number of carbonyl (C=O) groups is 1. The maximum Gasteiger partial charge on any atom is 0.317 e. The fourth-order valence-electron chi connectivity index (χ4n) is 4.33. The van der Waals surface area contributed by atoms with E-state index in [1.807, 2.05) is 44.2 Å². The molecule has 2 amide bonds. The van der Waals surface area contributed by atoms with Gasteiger partial charge in [0, 0.05) is 51.9 Å². The molecule has 1 saturated heterocycles. The van der Waals surface area contributed by atoms with Crippen molar-refractivity contribution in [2.75, 3.05) is 39.3 Å². The van der Waals surface area contributed by atoms with E-state index in [-0.39, 0.29) is 17.9 Å². The van der Waals surface area contributed by atoms with Crippen LogP contribution in [0.1, 0.15) is 19.4 Å². The summed E-state index contributed by atoms with van der Waals surface area (Å²) in [7, 11) is -3.58. The van der Waals surface area contributed by atoms with Gasteiger partial charge in [-0.25, -0.2) is 17.6 Å². The SMILES string of the molecule is CC(C)NC(=O)N(CCN1CCN(S(=O)(=O)c2ccc3ccccc3c2)CC1)Cc1ccc(F)cc1. The minimum absolute atomic E-state index is 0.00271. The third-order valence-electron chi connectivity index (χ3n) is 6.36. The van der Waals surface area contributed by atoms with E-state index in [0.717, 1.165) is 16.3 Å². The number of carbonyl (C=O) groups excluding carboxylic acids is 1. The van der Waals surface area contributed by atoms with Gasteiger partial charge in [-0.2, -0.15) is 4.31 Å². The second-order valence-corrected chi connectivity index (χ2v) is 11.3. The molecule has 1 heterocycles. The van der Waals surface area contributed by atoms with Crippen LogP contribution in [0, 0.1) is 5.82 Å². The van der Waals surface area contributed by atoms with Crippen LogP contribution >= 0.6 is 0 Å². The number of fused-ring (bicyclic) bond motifs is 1. The first-order valence-corrected chi connectivity index (χ1v) is 13.7. The normalized spacial score (nSPS) is 15.3. The molecule has 0 unspecified atom stereocenters. The van der Waals surface area contributed by atoms with Gasteiger partial charge in [-0.3, -0.25) is 4.90 Å². The molecule has 0 aromatic heterocycles. The molecule has 9 heteroatoms. The molecule has 1 N–H and O–H groups in total. The Morgan fingerprint density at radius 1 is 0.972 bits per heavy atom. The number of halogens is 1. The van der Waals surface area contributed by atoms with Crippen LogP contribution in [0.15, 0.2) is 71.6 Å². The second-order valence-electron chi connectivity index (χ2n) is 9.41. The number of amides is 2. The summed E-state index contributed by atoms with van der Waals surface area (Å²) in [5.41, 5.74) is 0.849. The van der Waals surface area contributed by atoms with E-state index in [2.05, 4.69) is 10.2 Å². The zero-order valence-electron chi connectivity index (χ0n) is 20.7. The highest BCUT2D eigenvalue weighted by Crippen LogP contribution is 2.23. The van der Waals surface area contributed by atoms with Gasteiger partial charge in [0.25, 0.3) is 0 Å². The molecular formula is C27H33FN4O3S. The number of nitrogens with one attached hydrogen (secondary N) is 1. The van der Waals surface area contributed by atoms with Gasteiger partial charge in [-0.1, -0.05) is 42.5 Å². The molecule has 192 valence electrons. The molecule has 3 aromatic rings. The summed E-state index contributed by atoms with van der Waals surface area (Å²) in [5.74, 6) is -0.312. The van der Waals surface area contributed by atoms with Crippen molar-refractivity contribution in [3.8, 4) is 0 Å². The largest absolute Gasteiger partial charge is 0.336 e. The van der Waals surface area contributed by atoms with Gasteiger partial charge in [-0.05, 0) is 54.4 Å². The van der Waals surface area contributed by atoms with E-state index >= 15 is 0 Å². The molecular weight excluding hydrogens is 479 g/mol. The van der Waals surface area contributed by atoms with Gasteiger partial charge in [0.05, 0.1) is 4.90 Å². The predicted molar refractivity (Wildman–Crippen MR) is 140 cm³/mol. The van der Waals surface area contributed by atoms with Crippen molar-refractivity contribution in [3.05, 3.63) is 78.1 Å². The van der Waals surface area contributed by atoms with Gasteiger partial charge in [0.2, 0.25) is 10.0 Å². The van der Waals surface area contributed by atoms with Crippen LogP contribution in [-0.2, 0) is 16.6 Å². The lowest BCUT2D eigenvalue weighted by Gasteiger charge is -2.35. The summed E-state index contributed by atoms with van der Waals surface area (Å²) in [4.78, 5) is 17.0. The molecule has 0 aliphatic carbocycles. The maximum atomic E-state index is 13.3. The van der Waals surface area contributed by atoms with Crippen LogP contribution in [0.25, 0.3) is 10.8 Å². The summed E-state index contributed by atoms with van der Waals surface area (Å²) in [6, 6.07) is 18.9. The summed E-state index contributed by atoms with van der Waals surface area (Å²) >= 11 is 0. The minimum atomic E-state index is -3.58. The Balaban J connectivity index is 1.36. The molecule has 4 rings (SSSR count). The lowest BCUT2D eigenvalue weighted by Crippen LogP contribution is -2.51. The summed E-state index contributed by atoms with van der Waals surface area (Å²) in [5, 5.41) is 4.84. The predicted octanol–water partition coefficient (Wildman–Crippen LogP) is 3.91. The number of nitrogens with zero attached hydrogens (tertiary/aromatic N) is 3. The maximum absolute atomic E-state index is 13.3. The lowest BCUT2D eigenvalue weighted by molar-refractivity contribution is 0.155. The molecule has 1 aliphatic rings. The van der Waals surface area contributed by atoms with Gasteiger partial charge in [0.1, 0.15) is 5.82 Å². The van der Waals surface area contributed by atoms with Crippen molar-refractivity contribution in [2.24, 2.45) is 0 Å². The van der Waals surface area contributed by atoms with E-state index in [1.54, 1.807) is 29.2 Å². The summed E-state index contributed by atoms with van der Waals surface area (Å²) in [6.45, 7) is 7.24. The second kappa shape index (κ2) is 11.4. The average Bonchev–Trinajstić information content (AvgIpc) is 2.87. The zero-order valence-corrected chi connectivity index (χ0v) is 21.5. The highest BCUT2D eigenvalue weighted by Gasteiger charge is 2.29. The number of hydrogen-bond donors (Lipinski definition) is 1. The van der Waals surface area contributed by atoms with Gasteiger partial charge in [0.15, 0.2) is 0 Å². The van der Waals surface area contributed by atoms with Crippen LogP contribution in [0.3, 0.4) is 0 Å². The first-order valence-electron chi connectivity index (χ1n) is 12.2. The van der Waals surface area contributed by atoms with E-state index < -0.39 is 10.0 Å².